The second kappa shape index (κ2) is 8.04. The SMILES string of the molecule is COc1ccc(OC)c([C@H](C)NC(=O)[C@@H]2CCCC[C@@H]2C(=O)O)c1. The summed E-state index contributed by atoms with van der Waals surface area (Å²) in [5, 5.41) is 12.3. The summed E-state index contributed by atoms with van der Waals surface area (Å²) in [4.78, 5) is 24.0. The molecular formula is C18H25NO5. The minimum Gasteiger partial charge on any atom is -0.497 e. The highest BCUT2D eigenvalue weighted by Gasteiger charge is 2.36. The average Bonchev–Trinajstić information content (AvgIpc) is 2.60. The number of carbonyl (C=O) groups is 2. The van der Waals surface area contributed by atoms with Crippen LogP contribution in [0, 0.1) is 11.8 Å². The molecule has 2 rings (SSSR count). The van der Waals surface area contributed by atoms with Crippen molar-refractivity contribution in [1.29, 1.82) is 0 Å². The zero-order valence-electron chi connectivity index (χ0n) is 14.4. The zero-order valence-corrected chi connectivity index (χ0v) is 14.4. The topological polar surface area (TPSA) is 84.9 Å². The number of hydrogen-bond donors (Lipinski definition) is 2. The summed E-state index contributed by atoms with van der Waals surface area (Å²) >= 11 is 0. The van der Waals surface area contributed by atoms with E-state index in [1.807, 2.05) is 13.0 Å². The maximum atomic E-state index is 12.6. The van der Waals surface area contributed by atoms with Gasteiger partial charge in [-0.15, -0.1) is 0 Å². The number of amides is 1. The first-order valence-corrected chi connectivity index (χ1v) is 8.23. The number of benzene rings is 1. The molecule has 132 valence electrons. The first-order valence-electron chi connectivity index (χ1n) is 8.23. The van der Waals surface area contributed by atoms with E-state index >= 15 is 0 Å². The van der Waals surface area contributed by atoms with Gasteiger partial charge in [0.1, 0.15) is 11.5 Å². The van der Waals surface area contributed by atoms with Gasteiger partial charge in [0.25, 0.3) is 0 Å². The first-order chi connectivity index (χ1) is 11.5. The molecule has 0 aliphatic heterocycles. The molecule has 0 saturated heterocycles. The second-order valence-electron chi connectivity index (χ2n) is 6.17. The van der Waals surface area contributed by atoms with E-state index in [0.29, 0.717) is 24.3 Å². The molecule has 2 N–H and O–H groups in total. The van der Waals surface area contributed by atoms with Crippen LogP contribution in [0.5, 0.6) is 11.5 Å². The van der Waals surface area contributed by atoms with Crippen LogP contribution in [-0.2, 0) is 9.59 Å². The average molecular weight is 335 g/mol. The molecule has 0 unspecified atom stereocenters. The number of rotatable bonds is 6. The Hall–Kier alpha value is -2.24. The molecule has 3 atom stereocenters. The van der Waals surface area contributed by atoms with Crippen LogP contribution in [0.25, 0.3) is 0 Å². The molecule has 0 radical (unpaired) electrons. The van der Waals surface area contributed by atoms with Gasteiger partial charge < -0.3 is 19.9 Å². The molecule has 1 amide bonds. The number of carbonyl (C=O) groups excluding carboxylic acids is 1. The molecule has 24 heavy (non-hydrogen) atoms. The summed E-state index contributed by atoms with van der Waals surface area (Å²) < 4.78 is 10.6. The second-order valence-corrected chi connectivity index (χ2v) is 6.17. The van der Waals surface area contributed by atoms with Gasteiger partial charge >= 0.3 is 5.97 Å². The maximum absolute atomic E-state index is 12.6. The summed E-state index contributed by atoms with van der Waals surface area (Å²) in [6, 6.07) is 5.09. The maximum Gasteiger partial charge on any atom is 0.307 e. The van der Waals surface area contributed by atoms with Crippen molar-refractivity contribution >= 4 is 11.9 Å². The lowest BCUT2D eigenvalue weighted by molar-refractivity contribution is -0.149. The van der Waals surface area contributed by atoms with E-state index in [-0.39, 0.29) is 11.9 Å². The molecule has 0 aromatic heterocycles. The fraction of sp³-hybridized carbons (Fsp3) is 0.556. The van der Waals surface area contributed by atoms with Crippen molar-refractivity contribution in [3.8, 4) is 11.5 Å². The van der Waals surface area contributed by atoms with Crippen molar-refractivity contribution < 1.29 is 24.2 Å². The van der Waals surface area contributed by atoms with Crippen LogP contribution in [0.4, 0.5) is 0 Å². The summed E-state index contributed by atoms with van der Waals surface area (Å²) in [7, 11) is 3.15. The number of carboxylic acids is 1. The smallest absolute Gasteiger partial charge is 0.307 e. The highest BCUT2D eigenvalue weighted by Crippen LogP contribution is 2.33. The first kappa shape index (κ1) is 18.1. The van der Waals surface area contributed by atoms with Gasteiger partial charge in [-0.2, -0.15) is 0 Å². The molecule has 0 bridgehead atoms. The Balaban J connectivity index is 2.14. The van der Waals surface area contributed by atoms with Crippen molar-refractivity contribution in [2.45, 2.75) is 38.6 Å². The number of hydrogen-bond acceptors (Lipinski definition) is 4. The van der Waals surface area contributed by atoms with E-state index in [2.05, 4.69) is 5.32 Å². The predicted molar refractivity (Wildman–Crippen MR) is 89.2 cm³/mol. The van der Waals surface area contributed by atoms with Crippen molar-refractivity contribution in [2.24, 2.45) is 11.8 Å². The molecule has 1 aliphatic carbocycles. The fourth-order valence-corrected chi connectivity index (χ4v) is 3.32. The Kier molecular flexibility index (Phi) is 6.06. The third-order valence-electron chi connectivity index (χ3n) is 4.68. The van der Waals surface area contributed by atoms with Gasteiger partial charge in [-0.25, -0.2) is 0 Å². The lowest BCUT2D eigenvalue weighted by Crippen LogP contribution is -2.40. The van der Waals surface area contributed by atoms with E-state index < -0.39 is 17.8 Å². The Bertz CT molecular complexity index is 601. The molecule has 1 aliphatic rings. The Morgan fingerprint density at radius 1 is 1.17 bits per heavy atom. The Morgan fingerprint density at radius 3 is 2.42 bits per heavy atom. The van der Waals surface area contributed by atoms with Gasteiger partial charge in [-0.05, 0) is 38.0 Å². The van der Waals surface area contributed by atoms with Crippen LogP contribution in [0.2, 0.25) is 0 Å². The lowest BCUT2D eigenvalue weighted by Gasteiger charge is -2.29. The van der Waals surface area contributed by atoms with Crippen molar-refractivity contribution in [1.82, 2.24) is 5.32 Å². The number of ether oxygens (including phenoxy) is 2. The number of aliphatic carboxylic acids is 1. The number of nitrogens with one attached hydrogen (secondary N) is 1. The normalized spacial score (nSPS) is 21.6. The minimum atomic E-state index is -0.888. The molecule has 6 nitrogen and oxygen atoms in total. The fourth-order valence-electron chi connectivity index (χ4n) is 3.32. The van der Waals surface area contributed by atoms with Gasteiger partial charge in [-0.1, -0.05) is 12.8 Å². The molecule has 1 aromatic carbocycles. The van der Waals surface area contributed by atoms with Crippen LogP contribution in [0.3, 0.4) is 0 Å². The van der Waals surface area contributed by atoms with Crippen molar-refractivity contribution in [2.75, 3.05) is 14.2 Å². The molecule has 1 saturated carbocycles. The molecule has 0 heterocycles. The van der Waals surface area contributed by atoms with Gasteiger partial charge in [0.2, 0.25) is 5.91 Å². The summed E-state index contributed by atoms with van der Waals surface area (Å²) in [5.41, 5.74) is 0.799. The third-order valence-corrected chi connectivity index (χ3v) is 4.68. The van der Waals surface area contributed by atoms with Crippen molar-refractivity contribution in [3.05, 3.63) is 23.8 Å². The lowest BCUT2D eigenvalue weighted by atomic mass is 9.78. The zero-order chi connectivity index (χ0) is 17.7. The van der Waals surface area contributed by atoms with Crippen LogP contribution in [-0.4, -0.2) is 31.2 Å². The summed E-state index contributed by atoms with van der Waals surface area (Å²) in [6.07, 6.45) is 2.92. The minimum absolute atomic E-state index is 0.209. The quantitative estimate of drug-likeness (QED) is 0.835. The Labute approximate surface area is 142 Å². The van der Waals surface area contributed by atoms with Gasteiger partial charge in [0.05, 0.1) is 32.1 Å². The molecule has 1 aromatic rings. The van der Waals surface area contributed by atoms with E-state index in [9.17, 15) is 14.7 Å². The number of methoxy groups -OCH3 is 2. The number of carboxylic acid groups (broad SMARTS) is 1. The monoisotopic (exact) mass is 335 g/mol. The van der Waals surface area contributed by atoms with E-state index in [1.165, 1.54) is 0 Å². The Morgan fingerprint density at radius 2 is 1.83 bits per heavy atom. The molecular weight excluding hydrogens is 310 g/mol. The van der Waals surface area contributed by atoms with E-state index in [4.69, 9.17) is 9.47 Å². The van der Waals surface area contributed by atoms with E-state index in [0.717, 1.165) is 18.4 Å². The molecule has 0 spiro atoms. The van der Waals surface area contributed by atoms with Crippen LogP contribution in [0.1, 0.15) is 44.2 Å². The summed E-state index contributed by atoms with van der Waals surface area (Å²) in [5.74, 6) is -0.843. The highest BCUT2D eigenvalue weighted by molar-refractivity contribution is 5.85. The highest BCUT2D eigenvalue weighted by atomic mass is 16.5. The summed E-state index contributed by atoms with van der Waals surface area (Å²) in [6.45, 7) is 1.85. The van der Waals surface area contributed by atoms with Crippen LogP contribution in [0.15, 0.2) is 18.2 Å². The largest absolute Gasteiger partial charge is 0.497 e. The predicted octanol–water partition coefficient (Wildman–Crippen LogP) is 2.77. The van der Waals surface area contributed by atoms with Crippen LogP contribution >= 0.6 is 0 Å². The van der Waals surface area contributed by atoms with Crippen molar-refractivity contribution in [3.63, 3.8) is 0 Å². The molecule has 6 heteroatoms. The molecule has 1 fully saturated rings. The van der Waals surface area contributed by atoms with Crippen LogP contribution < -0.4 is 14.8 Å². The third kappa shape index (κ3) is 3.99. The van der Waals surface area contributed by atoms with Gasteiger partial charge in [0, 0.05) is 5.56 Å². The van der Waals surface area contributed by atoms with Gasteiger partial charge in [-0.3, -0.25) is 9.59 Å². The van der Waals surface area contributed by atoms with E-state index in [1.54, 1.807) is 26.4 Å². The standard InChI is InChI=1S/C18H25NO5/c1-11(15-10-12(23-2)8-9-16(15)24-3)19-17(20)13-6-4-5-7-14(13)18(21)22/h8-11,13-14H,4-7H2,1-3H3,(H,19,20)(H,21,22)/t11-,13+,14-/m0/s1. The van der Waals surface area contributed by atoms with Gasteiger partial charge in [0.15, 0.2) is 0 Å².